The molecule has 3 nitrogen and oxygen atoms in total. The molecule has 0 aromatic heterocycles. The number of carbonyl (C=O) groups excluding carboxylic acids is 1. The van der Waals surface area contributed by atoms with Crippen LogP contribution < -0.4 is 4.74 Å². The summed E-state index contributed by atoms with van der Waals surface area (Å²) in [5.41, 5.74) is 1.09. The number of hydrogen-bond acceptors (Lipinski definition) is 4. The maximum atomic E-state index is 12.5. The van der Waals surface area contributed by atoms with Gasteiger partial charge in [0.15, 0.2) is 5.78 Å². The highest BCUT2D eigenvalue weighted by Crippen LogP contribution is 2.42. The Labute approximate surface area is 140 Å². The molecular weight excluding hydrogens is 308 g/mol. The van der Waals surface area contributed by atoms with Crippen LogP contribution in [-0.4, -0.2) is 18.0 Å². The van der Waals surface area contributed by atoms with E-state index >= 15 is 0 Å². The van der Waals surface area contributed by atoms with Gasteiger partial charge in [0.2, 0.25) is 0 Å². The molecule has 118 valence electrons. The number of Topliss-reactive ketones (excluding diaryl/α,β-unsaturated/α-hetero) is 1. The monoisotopic (exact) mass is 326 g/mol. The first-order valence-corrected chi connectivity index (χ1v) is 8.32. The van der Waals surface area contributed by atoms with E-state index in [1.54, 1.807) is 7.11 Å². The van der Waals surface area contributed by atoms with Crippen LogP contribution in [0.5, 0.6) is 5.75 Å². The molecule has 1 N–H and O–H groups in total. The first kappa shape index (κ1) is 15.7. The van der Waals surface area contributed by atoms with Crippen molar-refractivity contribution in [3.8, 4) is 5.75 Å². The number of carbonyl (C=O) groups is 1. The lowest BCUT2D eigenvalue weighted by Gasteiger charge is -2.23. The van der Waals surface area contributed by atoms with E-state index in [4.69, 9.17) is 4.74 Å². The second kappa shape index (κ2) is 6.92. The van der Waals surface area contributed by atoms with Crippen molar-refractivity contribution in [3.63, 3.8) is 0 Å². The van der Waals surface area contributed by atoms with Gasteiger partial charge in [0.25, 0.3) is 0 Å². The SMILES string of the molecule is COc1ccccc1SC1=C(O)CC(c2ccccc2)CC1=O. The predicted molar refractivity (Wildman–Crippen MR) is 91.9 cm³/mol. The van der Waals surface area contributed by atoms with E-state index in [1.807, 2.05) is 54.6 Å². The minimum atomic E-state index is -0.0153. The number of aliphatic hydroxyl groups is 1. The molecule has 0 amide bonds. The Hall–Kier alpha value is -2.20. The summed E-state index contributed by atoms with van der Waals surface area (Å²) >= 11 is 1.28. The van der Waals surface area contributed by atoms with E-state index in [1.165, 1.54) is 11.8 Å². The van der Waals surface area contributed by atoms with E-state index < -0.39 is 0 Å². The molecule has 0 spiro atoms. The number of aliphatic hydroxyl groups excluding tert-OH is 1. The fraction of sp³-hybridized carbons (Fsp3) is 0.211. The molecule has 1 aliphatic carbocycles. The largest absolute Gasteiger partial charge is 0.511 e. The number of ether oxygens (including phenoxy) is 1. The second-order valence-electron chi connectivity index (χ2n) is 5.47. The van der Waals surface area contributed by atoms with Gasteiger partial charge in [-0.05, 0) is 23.6 Å². The molecule has 1 atom stereocenters. The van der Waals surface area contributed by atoms with Gasteiger partial charge in [0.1, 0.15) is 11.5 Å². The molecule has 2 aromatic rings. The van der Waals surface area contributed by atoms with Crippen molar-refractivity contribution in [3.05, 3.63) is 70.8 Å². The quantitative estimate of drug-likeness (QED) is 0.884. The summed E-state index contributed by atoms with van der Waals surface area (Å²) in [6, 6.07) is 17.4. The summed E-state index contributed by atoms with van der Waals surface area (Å²) < 4.78 is 5.31. The number of ketones is 1. The first-order valence-electron chi connectivity index (χ1n) is 7.50. The summed E-state index contributed by atoms with van der Waals surface area (Å²) in [6.07, 6.45) is 0.915. The van der Waals surface area contributed by atoms with Gasteiger partial charge >= 0.3 is 0 Å². The van der Waals surface area contributed by atoms with Gasteiger partial charge in [0.05, 0.1) is 16.9 Å². The van der Waals surface area contributed by atoms with Crippen molar-refractivity contribution < 1.29 is 14.6 Å². The lowest BCUT2D eigenvalue weighted by Crippen LogP contribution is -2.17. The van der Waals surface area contributed by atoms with E-state index in [0.717, 1.165) is 10.5 Å². The second-order valence-corrected chi connectivity index (χ2v) is 6.52. The van der Waals surface area contributed by atoms with Crippen molar-refractivity contribution in [2.45, 2.75) is 23.7 Å². The molecule has 4 heteroatoms. The summed E-state index contributed by atoms with van der Waals surface area (Å²) in [4.78, 5) is 13.8. The van der Waals surface area contributed by atoms with Gasteiger partial charge < -0.3 is 9.84 Å². The van der Waals surface area contributed by atoms with Gasteiger partial charge in [-0.25, -0.2) is 0 Å². The minimum Gasteiger partial charge on any atom is -0.511 e. The molecule has 0 radical (unpaired) electrons. The van der Waals surface area contributed by atoms with Crippen molar-refractivity contribution in [1.82, 2.24) is 0 Å². The smallest absolute Gasteiger partial charge is 0.173 e. The van der Waals surface area contributed by atoms with Gasteiger partial charge in [0, 0.05) is 12.8 Å². The molecular formula is C19H18O3S. The standard InChI is InChI=1S/C19H18O3S/c1-22-17-9-5-6-10-18(17)23-19-15(20)11-14(12-16(19)21)13-7-3-2-4-8-13/h2-10,14,20H,11-12H2,1H3. The molecule has 0 saturated carbocycles. The average molecular weight is 326 g/mol. The fourth-order valence-electron chi connectivity index (χ4n) is 2.77. The lowest BCUT2D eigenvalue weighted by atomic mass is 9.86. The zero-order chi connectivity index (χ0) is 16.2. The van der Waals surface area contributed by atoms with E-state index in [0.29, 0.717) is 23.5 Å². The van der Waals surface area contributed by atoms with Crippen molar-refractivity contribution in [2.24, 2.45) is 0 Å². The topological polar surface area (TPSA) is 46.5 Å². The van der Waals surface area contributed by atoms with Crippen LogP contribution >= 0.6 is 11.8 Å². The molecule has 0 saturated heterocycles. The third kappa shape index (κ3) is 3.42. The Morgan fingerprint density at radius 2 is 1.74 bits per heavy atom. The Bertz CT molecular complexity index is 737. The number of allylic oxidation sites excluding steroid dienone is 2. The number of rotatable bonds is 4. The van der Waals surface area contributed by atoms with Gasteiger partial charge in [-0.15, -0.1) is 0 Å². The third-order valence-electron chi connectivity index (χ3n) is 3.94. The van der Waals surface area contributed by atoms with Crippen LogP contribution in [0.3, 0.4) is 0 Å². The van der Waals surface area contributed by atoms with Crippen molar-refractivity contribution >= 4 is 17.5 Å². The highest BCUT2D eigenvalue weighted by Gasteiger charge is 2.29. The maximum Gasteiger partial charge on any atom is 0.173 e. The van der Waals surface area contributed by atoms with Crippen molar-refractivity contribution in [1.29, 1.82) is 0 Å². The number of methoxy groups -OCH3 is 1. The fourth-order valence-corrected chi connectivity index (χ4v) is 3.78. The molecule has 1 aliphatic rings. The van der Waals surface area contributed by atoms with Crippen LogP contribution in [0.4, 0.5) is 0 Å². The van der Waals surface area contributed by atoms with Crippen molar-refractivity contribution in [2.75, 3.05) is 7.11 Å². The maximum absolute atomic E-state index is 12.5. The molecule has 0 fully saturated rings. The van der Waals surface area contributed by atoms with Crippen LogP contribution in [-0.2, 0) is 4.79 Å². The number of thioether (sulfide) groups is 1. The van der Waals surface area contributed by atoms with Gasteiger partial charge in [-0.3, -0.25) is 4.79 Å². The highest BCUT2D eigenvalue weighted by atomic mass is 32.2. The van der Waals surface area contributed by atoms with Crippen LogP contribution in [0, 0.1) is 0 Å². The molecule has 3 rings (SSSR count). The summed E-state index contributed by atoms with van der Waals surface area (Å²) in [7, 11) is 1.60. The molecule has 0 heterocycles. The zero-order valence-electron chi connectivity index (χ0n) is 12.9. The molecule has 1 unspecified atom stereocenters. The number of benzene rings is 2. The molecule has 0 bridgehead atoms. The predicted octanol–water partition coefficient (Wildman–Crippen LogP) is 4.70. The van der Waals surface area contributed by atoms with Crippen LogP contribution in [0.15, 0.2) is 70.2 Å². The van der Waals surface area contributed by atoms with E-state index in [-0.39, 0.29) is 17.5 Å². The summed E-state index contributed by atoms with van der Waals surface area (Å²) in [5, 5.41) is 10.4. The van der Waals surface area contributed by atoms with Crippen LogP contribution in [0.25, 0.3) is 0 Å². The average Bonchev–Trinajstić information content (AvgIpc) is 2.59. The first-order chi connectivity index (χ1) is 11.2. The minimum absolute atomic E-state index is 0.0153. The van der Waals surface area contributed by atoms with Gasteiger partial charge in [-0.1, -0.05) is 54.2 Å². The van der Waals surface area contributed by atoms with E-state index in [2.05, 4.69) is 0 Å². The third-order valence-corrected chi connectivity index (χ3v) is 5.16. The number of para-hydroxylation sites is 1. The lowest BCUT2D eigenvalue weighted by molar-refractivity contribution is -0.115. The molecule has 23 heavy (non-hydrogen) atoms. The summed E-state index contributed by atoms with van der Waals surface area (Å²) in [6.45, 7) is 0. The molecule has 2 aromatic carbocycles. The Morgan fingerprint density at radius 1 is 1.04 bits per heavy atom. The number of hydrogen-bond donors (Lipinski definition) is 1. The molecule has 0 aliphatic heterocycles. The van der Waals surface area contributed by atoms with Crippen LogP contribution in [0.1, 0.15) is 24.3 Å². The van der Waals surface area contributed by atoms with Crippen LogP contribution in [0.2, 0.25) is 0 Å². The summed E-state index contributed by atoms with van der Waals surface area (Å²) in [5.74, 6) is 0.908. The van der Waals surface area contributed by atoms with Gasteiger partial charge in [-0.2, -0.15) is 0 Å². The Kier molecular flexibility index (Phi) is 4.72. The van der Waals surface area contributed by atoms with E-state index in [9.17, 15) is 9.90 Å². The Balaban J connectivity index is 1.84. The normalized spacial score (nSPS) is 18.1. The Morgan fingerprint density at radius 3 is 2.43 bits per heavy atom. The zero-order valence-corrected chi connectivity index (χ0v) is 13.7. The highest BCUT2D eigenvalue weighted by molar-refractivity contribution is 8.04.